The summed E-state index contributed by atoms with van der Waals surface area (Å²) in [5.41, 5.74) is 7.68. The molecule has 10 heteroatoms. The Bertz CT molecular complexity index is 1230. The van der Waals surface area contributed by atoms with Crippen molar-refractivity contribution in [3.8, 4) is 11.5 Å². The van der Waals surface area contributed by atoms with E-state index in [1.807, 2.05) is 62.5 Å². The highest BCUT2D eigenvalue weighted by Gasteiger charge is 2.22. The topological polar surface area (TPSA) is 120 Å². The minimum atomic E-state index is -0.339. The number of nitrogens with zero attached hydrogens (tertiary/aromatic N) is 3. The van der Waals surface area contributed by atoms with Crippen LogP contribution in [0.3, 0.4) is 0 Å². The molecule has 0 radical (unpaired) electrons. The molecule has 0 spiro atoms. The minimum absolute atomic E-state index is 0.108. The molecule has 0 bridgehead atoms. The highest BCUT2D eigenvalue weighted by atomic mass is 16.6. The van der Waals surface area contributed by atoms with Gasteiger partial charge in [0.1, 0.15) is 36.9 Å². The summed E-state index contributed by atoms with van der Waals surface area (Å²) in [4.78, 5) is 25.8. The Kier molecular flexibility index (Phi) is 12.5. The smallest absolute Gasteiger partial charge is 0.251 e. The Morgan fingerprint density at radius 3 is 1.86 bits per heavy atom. The summed E-state index contributed by atoms with van der Waals surface area (Å²) >= 11 is 0. The van der Waals surface area contributed by atoms with Crippen LogP contribution in [0.5, 0.6) is 11.5 Å². The van der Waals surface area contributed by atoms with Gasteiger partial charge in [0, 0.05) is 53.6 Å². The number of amides is 1. The van der Waals surface area contributed by atoms with Gasteiger partial charge in [-0.25, -0.2) is 0 Å². The van der Waals surface area contributed by atoms with E-state index in [0.717, 1.165) is 50.0 Å². The molecule has 0 atom stereocenters. The van der Waals surface area contributed by atoms with E-state index in [2.05, 4.69) is 32.3 Å². The van der Waals surface area contributed by atoms with Gasteiger partial charge in [0.2, 0.25) is 0 Å². The predicted molar refractivity (Wildman–Crippen MR) is 168 cm³/mol. The molecule has 4 rings (SSSR count). The maximum atomic E-state index is 13.4. The number of carbonyl (C=O) groups is 1. The molecule has 10 nitrogen and oxygen atoms in total. The number of nitrogens with two attached hydrogens (primary N) is 1. The summed E-state index contributed by atoms with van der Waals surface area (Å²) in [5.74, 6) is 6.54. The van der Waals surface area contributed by atoms with Gasteiger partial charge in [0.05, 0.1) is 0 Å². The SMILES string of the molecule is CCON=C=C1C=CC(Oc2cc(OC3C=CC(=C=NOCC)C=C3)cc(C(=O)NC3CCN(CCCN)CC3)c2)C=C1. The van der Waals surface area contributed by atoms with Gasteiger partial charge in [-0.1, -0.05) is 0 Å². The van der Waals surface area contributed by atoms with Gasteiger partial charge in [-0.05, 0) is 117 Å². The maximum Gasteiger partial charge on any atom is 0.251 e. The Morgan fingerprint density at radius 2 is 1.40 bits per heavy atom. The summed E-state index contributed by atoms with van der Waals surface area (Å²) < 4.78 is 12.5. The van der Waals surface area contributed by atoms with Crippen molar-refractivity contribution in [3.63, 3.8) is 0 Å². The van der Waals surface area contributed by atoms with Gasteiger partial charge in [0.15, 0.2) is 0 Å². The second-order valence-corrected chi connectivity index (χ2v) is 10.2. The molecular formula is C33H41N5O5. The van der Waals surface area contributed by atoms with Crippen molar-refractivity contribution in [2.45, 2.75) is 51.4 Å². The molecule has 3 aliphatic rings. The number of likely N-dealkylation sites (tertiary alicyclic amines) is 1. The van der Waals surface area contributed by atoms with Crippen LogP contribution >= 0.6 is 0 Å². The second-order valence-electron chi connectivity index (χ2n) is 10.2. The van der Waals surface area contributed by atoms with Crippen molar-refractivity contribution >= 4 is 17.6 Å². The highest BCUT2D eigenvalue weighted by Crippen LogP contribution is 2.27. The van der Waals surface area contributed by atoms with Crippen LogP contribution in [-0.2, 0) is 9.68 Å². The van der Waals surface area contributed by atoms with Crippen molar-refractivity contribution in [2.24, 2.45) is 16.0 Å². The first-order chi connectivity index (χ1) is 21.1. The lowest BCUT2D eigenvalue weighted by Crippen LogP contribution is -2.45. The molecule has 2 aliphatic carbocycles. The quantitative estimate of drug-likeness (QED) is 0.264. The van der Waals surface area contributed by atoms with E-state index in [1.54, 1.807) is 18.2 Å². The van der Waals surface area contributed by atoms with Gasteiger partial charge in [-0.15, -0.1) is 0 Å². The number of rotatable bonds is 13. The summed E-state index contributed by atoms with van der Waals surface area (Å²) in [5, 5.41) is 10.8. The molecule has 1 aromatic rings. The molecule has 1 aromatic carbocycles. The van der Waals surface area contributed by atoms with Crippen LogP contribution in [0.15, 0.2) is 88.3 Å². The van der Waals surface area contributed by atoms with E-state index in [1.165, 1.54) is 0 Å². The lowest BCUT2D eigenvalue weighted by atomic mass is 10.0. The molecule has 1 amide bonds. The summed E-state index contributed by atoms with van der Waals surface area (Å²) in [7, 11) is 0. The zero-order valence-electron chi connectivity index (χ0n) is 24.9. The monoisotopic (exact) mass is 587 g/mol. The Labute approximate surface area is 253 Å². The first-order valence-corrected chi connectivity index (χ1v) is 14.9. The maximum absolute atomic E-state index is 13.4. The molecule has 0 unspecified atom stereocenters. The zero-order valence-corrected chi connectivity index (χ0v) is 24.9. The fourth-order valence-electron chi connectivity index (χ4n) is 4.68. The number of hydrogen-bond acceptors (Lipinski definition) is 9. The molecule has 0 aromatic heterocycles. The predicted octanol–water partition coefficient (Wildman–Crippen LogP) is 4.07. The Balaban J connectivity index is 1.47. The van der Waals surface area contributed by atoms with E-state index in [-0.39, 0.29) is 24.2 Å². The third-order valence-electron chi connectivity index (χ3n) is 6.89. The summed E-state index contributed by atoms with van der Waals surface area (Å²) in [6.07, 6.45) is 17.1. The van der Waals surface area contributed by atoms with Crippen molar-refractivity contribution in [1.82, 2.24) is 10.2 Å². The molecule has 1 saturated heterocycles. The number of allylic oxidation sites excluding steroid dienone is 6. The third-order valence-corrected chi connectivity index (χ3v) is 6.89. The Morgan fingerprint density at radius 1 is 0.884 bits per heavy atom. The fourth-order valence-corrected chi connectivity index (χ4v) is 4.68. The van der Waals surface area contributed by atoms with E-state index in [4.69, 9.17) is 24.9 Å². The van der Waals surface area contributed by atoms with Gasteiger partial charge in [-0.3, -0.25) is 4.79 Å². The van der Waals surface area contributed by atoms with Crippen molar-refractivity contribution in [1.29, 1.82) is 0 Å². The van der Waals surface area contributed by atoms with Crippen molar-refractivity contribution in [2.75, 3.05) is 39.4 Å². The van der Waals surface area contributed by atoms with Gasteiger partial charge in [-0.2, -0.15) is 0 Å². The average Bonchev–Trinajstić information content (AvgIpc) is 3.02. The standard InChI is InChI=1S/C33H41N5O5/c1-3-40-35-23-25-6-10-29(11-7-25)42-31-20-27(33(39)37-28-14-18-38(19-15-28)17-5-16-34)21-32(22-31)43-30-12-8-26(9-13-30)24-36-41-4-2/h6-13,20-22,28-30H,3-5,14-19,34H2,1-2H3,(H,37,39). The molecule has 1 aliphatic heterocycles. The zero-order chi connectivity index (χ0) is 30.3. The van der Waals surface area contributed by atoms with Crippen LogP contribution in [-0.4, -0.2) is 80.2 Å². The molecule has 1 fully saturated rings. The molecule has 0 saturated carbocycles. The number of benzene rings is 1. The van der Waals surface area contributed by atoms with E-state index in [0.29, 0.717) is 36.8 Å². The average molecular weight is 588 g/mol. The largest absolute Gasteiger partial charge is 0.482 e. The molecule has 228 valence electrons. The van der Waals surface area contributed by atoms with Crippen molar-refractivity contribution < 1.29 is 23.9 Å². The van der Waals surface area contributed by atoms with Crippen LogP contribution in [0.2, 0.25) is 0 Å². The van der Waals surface area contributed by atoms with Crippen LogP contribution in [0.1, 0.15) is 43.5 Å². The first kappa shape index (κ1) is 31.6. The number of piperidine rings is 1. The van der Waals surface area contributed by atoms with E-state index >= 15 is 0 Å². The normalized spacial score (nSPS) is 19.8. The second kappa shape index (κ2) is 16.9. The number of hydrogen-bond donors (Lipinski definition) is 2. The van der Waals surface area contributed by atoms with Gasteiger partial charge in [0.25, 0.3) is 5.91 Å². The number of ether oxygens (including phenoxy) is 2. The van der Waals surface area contributed by atoms with Crippen LogP contribution < -0.4 is 20.5 Å². The molecule has 43 heavy (non-hydrogen) atoms. The minimum Gasteiger partial charge on any atom is -0.482 e. The van der Waals surface area contributed by atoms with Crippen molar-refractivity contribution in [3.05, 3.63) is 83.5 Å². The summed E-state index contributed by atoms with van der Waals surface area (Å²) in [6, 6.07) is 5.40. The van der Waals surface area contributed by atoms with E-state index in [9.17, 15) is 4.79 Å². The lowest BCUT2D eigenvalue weighted by molar-refractivity contribution is 0.0910. The summed E-state index contributed by atoms with van der Waals surface area (Å²) in [6.45, 7) is 8.26. The van der Waals surface area contributed by atoms with Gasteiger partial charge >= 0.3 is 0 Å². The molecular weight excluding hydrogens is 546 g/mol. The first-order valence-electron chi connectivity index (χ1n) is 14.9. The Hall–Kier alpha value is -4.33. The lowest BCUT2D eigenvalue weighted by Gasteiger charge is -2.32. The van der Waals surface area contributed by atoms with Gasteiger partial charge < -0.3 is 35.1 Å². The van der Waals surface area contributed by atoms with Crippen LogP contribution in [0.4, 0.5) is 0 Å². The van der Waals surface area contributed by atoms with Crippen LogP contribution in [0, 0.1) is 0 Å². The number of nitrogens with one attached hydrogen (secondary N) is 1. The third kappa shape index (κ3) is 10.5. The van der Waals surface area contributed by atoms with Crippen LogP contribution in [0.25, 0.3) is 0 Å². The molecule has 3 N–H and O–H groups in total. The fraction of sp³-hybridized carbons (Fsp3) is 0.424. The van der Waals surface area contributed by atoms with E-state index < -0.39 is 0 Å². The highest BCUT2D eigenvalue weighted by molar-refractivity contribution is 5.95. The number of carbonyl (C=O) groups excluding carboxylic acids is 1. The molecule has 1 heterocycles.